The Kier molecular flexibility index (Phi) is 3.45. The maximum absolute atomic E-state index is 9.62. The van der Waals surface area contributed by atoms with Crippen molar-refractivity contribution < 1.29 is 5.11 Å². The van der Waals surface area contributed by atoms with Gasteiger partial charge in [-0.1, -0.05) is 25.7 Å². The number of nitrogens with zero attached hydrogens (tertiary/aromatic N) is 1. The fourth-order valence-corrected chi connectivity index (χ4v) is 3.15. The van der Waals surface area contributed by atoms with E-state index in [0.717, 1.165) is 0 Å². The Labute approximate surface area is 87.3 Å². The fourth-order valence-electron chi connectivity index (χ4n) is 3.15. The molecule has 1 aliphatic carbocycles. The van der Waals surface area contributed by atoms with E-state index in [1.807, 2.05) is 0 Å². The Bertz CT molecular complexity index is 167. The zero-order valence-corrected chi connectivity index (χ0v) is 9.17. The molecule has 1 aliphatic heterocycles. The van der Waals surface area contributed by atoms with Gasteiger partial charge in [0, 0.05) is 5.54 Å². The van der Waals surface area contributed by atoms with Crippen LogP contribution < -0.4 is 0 Å². The van der Waals surface area contributed by atoms with Gasteiger partial charge in [0.25, 0.3) is 0 Å². The first-order valence-electron chi connectivity index (χ1n) is 6.23. The second-order valence-electron chi connectivity index (χ2n) is 4.99. The Morgan fingerprint density at radius 3 is 1.93 bits per heavy atom. The average Bonchev–Trinajstić information content (AvgIpc) is 2.54. The maximum Gasteiger partial charge on any atom is 0.0615 e. The Morgan fingerprint density at radius 1 is 0.857 bits per heavy atom. The van der Waals surface area contributed by atoms with Gasteiger partial charge in [-0.3, -0.25) is 4.90 Å². The Morgan fingerprint density at radius 2 is 1.43 bits per heavy atom. The summed E-state index contributed by atoms with van der Waals surface area (Å²) in [4.78, 5) is 2.59. The lowest BCUT2D eigenvalue weighted by molar-refractivity contribution is 0.0362. The van der Waals surface area contributed by atoms with Crippen LogP contribution in [0.3, 0.4) is 0 Å². The first-order chi connectivity index (χ1) is 6.87. The van der Waals surface area contributed by atoms with Crippen molar-refractivity contribution in [3.05, 3.63) is 0 Å². The van der Waals surface area contributed by atoms with Crippen LogP contribution in [0.5, 0.6) is 0 Å². The van der Waals surface area contributed by atoms with E-state index in [4.69, 9.17) is 0 Å². The van der Waals surface area contributed by atoms with Gasteiger partial charge in [-0.05, 0) is 38.8 Å². The number of hydrogen-bond acceptors (Lipinski definition) is 2. The lowest BCUT2D eigenvalue weighted by Crippen LogP contribution is -2.50. The molecule has 0 aromatic rings. The standard InChI is InChI=1S/C12H23NO/c14-11-12(7-3-4-8-12)13-9-5-1-2-6-10-13/h14H,1-11H2. The largest absolute Gasteiger partial charge is 0.394 e. The zero-order valence-electron chi connectivity index (χ0n) is 9.17. The number of aliphatic hydroxyl groups excluding tert-OH is 1. The zero-order chi connectivity index (χ0) is 9.86. The minimum absolute atomic E-state index is 0.185. The summed E-state index contributed by atoms with van der Waals surface area (Å²) in [5, 5.41) is 9.62. The summed E-state index contributed by atoms with van der Waals surface area (Å²) in [5.74, 6) is 0. The number of hydrogen-bond donors (Lipinski definition) is 1. The predicted molar refractivity (Wildman–Crippen MR) is 58.3 cm³/mol. The lowest BCUT2D eigenvalue weighted by atomic mass is 9.96. The third kappa shape index (κ3) is 1.96. The molecule has 82 valence electrons. The van der Waals surface area contributed by atoms with Gasteiger partial charge in [0.2, 0.25) is 0 Å². The molecule has 0 atom stereocenters. The molecule has 1 saturated carbocycles. The third-order valence-corrected chi connectivity index (χ3v) is 4.11. The molecular formula is C12H23NO. The van der Waals surface area contributed by atoms with E-state index in [-0.39, 0.29) is 5.54 Å². The number of aliphatic hydroxyl groups is 1. The van der Waals surface area contributed by atoms with E-state index in [1.54, 1.807) is 0 Å². The number of likely N-dealkylation sites (tertiary alicyclic amines) is 1. The number of rotatable bonds is 2. The summed E-state index contributed by atoms with van der Waals surface area (Å²) in [6.45, 7) is 2.83. The van der Waals surface area contributed by atoms with Crippen LogP contribution >= 0.6 is 0 Å². The van der Waals surface area contributed by atoms with E-state index in [0.29, 0.717) is 6.61 Å². The topological polar surface area (TPSA) is 23.5 Å². The molecular weight excluding hydrogens is 174 g/mol. The highest BCUT2D eigenvalue weighted by Gasteiger charge is 2.38. The second-order valence-corrected chi connectivity index (χ2v) is 4.99. The first kappa shape index (κ1) is 10.4. The van der Waals surface area contributed by atoms with Gasteiger partial charge in [-0.15, -0.1) is 0 Å². The predicted octanol–water partition coefficient (Wildman–Crippen LogP) is 2.17. The van der Waals surface area contributed by atoms with Crippen LogP contribution in [0.4, 0.5) is 0 Å². The van der Waals surface area contributed by atoms with Crippen molar-refractivity contribution >= 4 is 0 Å². The minimum atomic E-state index is 0.185. The summed E-state index contributed by atoms with van der Waals surface area (Å²) >= 11 is 0. The summed E-state index contributed by atoms with van der Waals surface area (Å²) in [7, 11) is 0. The molecule has 0 spiro atoms. The van der Waals surface area contributed by atoms with Gasteiger partial charge in [0.15, 0.2) is 0 Å². The summed E-state index contributed by atoms with van der Waals surface area (Å²) in [6.07, 6.45) is 10.5. The monoisotopic (exact) mass is 197 g/mol. The highest BCUT2D eigenvalue weighted by molar-refractivity contribution is 4.94. The molecule has 1 heterocycles. The molecule has 0 radical (unpaired) electrons. The van der Waals surface area contributed by atoms with Crippen LogP contribution in [-0.2, 0) is 0 Å². The molecule has 1 saturated heterocycles. The van der Waals surface area contributed by atoms with Gasteiger partial charge >= 0.3 is 0 Å². The molecule has 0 aromatic heterocycles. The van der Waals surface area contributed by atoms with Gasteiger partial charge < -0.3 is 5.11 Å². The quantitative estimate of drug-likeness (QED) is 0.733. The van der Waals surface area contributed by atoms with E-state index in [2.05, 4.69) is 4.90 Å². The van der Waals surface area contributed by atoms with Crippen LogP contribution in [0.2, 0.25) is 0 Å². The average molecular weight is 197 g/mol. The fraction of sp³-hybridized carbons (Fsp3) is 1.00. The molecule has 2 heteroatoms. The van der Waals surface area contributed by atoms with Crippen molar-refractivity contribution in [1.29, 1.82) is 0 Å². The second kappa shape index (κ2) is 4.63. The van der Waals surface area contributed by atoms with Crippen LogP contribution in [-0.4, -0.2) is 35.2 Å². The van der Waals surface area contributed by atoms with Gasteiger partial charge in [-0.25, -0.2) is 0 Å². The van der Waals surface area contributed by atoms with Crippen LogP contribution in [0.1, 0.15) is 51.4 Å². The van der Waals surface area contributed by atoms with Crippen molar-refractivity contribution in [3.63, 3.8) is 0 Å². The minimum Gasteiger partial charge on any atom is -0.394 e. The molecule has 0 unspecified atom stereocenters. The molecule has 2 nitrogen and oxygen atoms in total. The summed E-state index contributed by atoms with van der Waals surface area (Å²) < 4.78 is 0. The van der Waals surface area contributed by atoms with Gasteiger partial charge in [0.05, 0.1) is 6.61 Å². The van der Waals surface area contributed by atoms with E-state index in [1.165, 1.54) is 64.5 Å². The molecule has 2 fully saturated rings. The highest BCUT2D eigenvalue weighted by Crippen LogP contribution is 2.36. The molecule has 14 heavy (non-hydrogen) atoms. The van der Waals surface area contributed by atoms with Crippen LogP contribution in [0.25, 0.3) is 0 Å². The Hall–Kier alpha value is -0.0800. The highest BCUT2D eigenvalue weighted by atomic mass is 16.3. The molecule has 0 amide bonds. The van der Waals surface area contributed by atoms with Crippen LogP contribution in [0, 0.1) is 0 Å². The smallest absolute Gasteiger partial charge is 0.0615 e. The van der Waals surface area contributed by atoms with Crippen molar-refractivity contribution in [2.24, 2.45) is 0 Å². The molecule has 1 N–H and O–H groups in total. The molecule has 2 aliphatic rings. The van der Waals surface area contributed by atoms with Crippen molar-refractivity contribution in [1.82, 2.24) is 4.90 Å². The van der Waals surface area contributed by atoms with E-state index < -0.39 is 0 Å². The van der Waals surface area contributed by atoms with Gasteiger partial charge in [-0.2, -0.15) is 0 Å². The molecule has 0 bridgehead atoms. The first-order valence-corrected chi connectivity index (χ1v) is 6.23. The Balaban J connectivity index is 2.01. The third-order valence-electron chi connectivity index (χ3n) is 4.11. The maximum atomic E-state index is 9.62. The van der Waals surface area contributed by atoms with Crippen molar-refractivity contribution in [2.45, 2.75) is 56.9 Å². The molecule has 2 rings (SSSR count). The van der Waals surface area contributed by atoms with Crippen molar-refractivity contribution in [3.8, 4) is 0 Å². The van der Waals surface area contributed by atoms with Crippen molar-refractivity contribution in [2.75, 3.05) is 19.7 Å². The van der Waals surface area contributed by atoms with Crippen LogP contribution in [0.15, 0.2) is 0 Å². The molecule has 0 aromatic carbocycles. The van der Waals surface area contributed by atoms with E-state index in [9.17, 15) is 5.11 Å². The lowest BCUT2D eigenvalue weighted by Gasteiger charge is -2.39. The summed E-state index contributed by atoms with van der Waals surface area (Å²) in [6, 6.07) is 0. The summed E-state index contributed by atoms with van der Waals surface area (Å²) in [5.41, 5.74) is 0.185. The normalized spacial score (nSPS) is 28.9. The van der Waals surface area contributed by atoms with Gasteiger partial charge in [0.1, 0.15) is 0 Å². The van der Waals surface area contributed by atoms with E-state index >= 15 is 0 Å². The SMILES string of the molecule is OCC1(N2CCCCCC2)CCCC1.